The van der Waals surface area contributed by atoms with Gasteiger partial charge in [-0.05, 0) is 48.4 Å². The van der Waals surface area contributed by atoms with E-state index in [1.807, 2.05) is 30.3 Å². The highest BCUT2D eigenvalue weighted by Gasteiger charge is 2.34. The third kappa shape index (κ3) is 4.08. The van der Waals surface area contributed by atoms with E-state index < -0.39 is 16.0 Å². The molecule has 4 aromatic rings. The van der Waals surface area contributed by atoms with Crippen molar-refractivity contribution >= 4 is 43.4 Å². The van der Waals surface area contributed by atoms with E-state index in [4.69, 9.17) is 4.42 Å². The van der Waals surface area contributed by atoms with Crippen LogP contribution >= 0.6 is 0 Å². The Morgan fingerprint density at radius 1 is 1.09 bits per heavy atom. The van der Waals surface area contributed by atoms with Crippen molar-refractivity contribution in [1.29, 1.82) is 0 Å². The molecule has 0 bridgehead atoms. The van der Waals surface area contributed by atoms with Crippen molar-refractivity contribution in [3.63, 3.8) is 0 Å². The van der Waals surface area contributed by atoms with Gasteiger partial charge in [0.05, 0.1) is 16.1 Å². The van der Waals surface area contributed by atoms with Gasteiger partial charge in [-0.2, -0.15) is 0 Å². The van der Waals surface area contributed by atoms with E-state index in [0.717, 1.165) is 58.7 Å². The average Bonchev–Trinajstić information content (AvgIpc) is 3.22. The summed E-state index contributed by atoms with van der Waals surface area (Å²) >= 11 is 0. The smallest absolute Gasteiger partial charge is 0.335 e. The molecule has 7 heteroatoms. The second-order valence-corrected chi connectivity index (χ2v) is 11.8. The van der Waals surface area contributed by atoms with Crippen LogP contribution in [-0.2, 0) is 22.9 Å². The Bertz CT molecular complexity index is 1570. The maximum absolute atomic E-state index is 13.3. The van der Waals surface area contributed by atoms with Gasteiger partial charge in [0.2, 0.25) is 0 Å². The molecule has 0 saturated carbocycles. The lowest BCUT2D eigenvalue weighted by Crippen LogP contribution is -2.28. The maximum Gasteiger partial charge on any atom is 0.335 e. The number of anilines is 1. The van der Waals surface area contributed by atoms with Crippen molar-refractivity contribution in [2.75, 3.05) is 4.72 Å². The summed E-state index contributed by atoms with van der Waals surface area (Å²) in [5.74, 6) is 0.331. The molecule has 1 unspecified atom stereocenters. The number of carboxylic acid groups (broad SMARTS) is 1. The Balaban J connectivity index is 1.64. The summed E-state index contributed by atoms with van der Waals surface area (Å²) < 4.78 is 35.6. The average molecular weight is 492 g/mol. The third-order valence-corrected chi connectivity index (χ3v) is 9.07. The van der Waals surface area contributed by atoms with Gasteiger partial charge in [-0.1, -0.05) is 57.5 Å². The molecule has 0 spiro atoms. The fraction of sp³-hybridized carbons (Fsp3) is 0.321. The van der Waals surface area contributed by atoms with Crippen LogP contribution in [0.1, 0.15) is 55.3 Å². The van der Waals surface area contributed by atoms with Gasteiger partial charge in [0, 0.05) is 28.1 Å². The molecule has 0 saturated heterocycles. The number of hydrogen-bond acceptors (Lipinski definition) is 4. The molecule has 0 radical (unpaired) electrons. The van der Waals surface area contributed by atoms with Crippen molar-refractivity contribution in [2.24, 2.45) is 11.3 Å². The molecule has 1 aromatic heterocycles. The van der Waals surface area contributed by atoms with Crippen LogP contribution in [0.3, 0.4) is 0 Å². The van der Waals surface area contributed by atoms with Gasteiger partial charge in [0.25, 0.3) is 10.0 Å². The zero-order chi connectivity index (χ0) is 25.0. The fourth-order valence-electron chi connectivity index (χ4n) is 5.14. The molecule has 0 aliphatic heterocycles. The quantitative estimate of drug-likeness (QED) is 0.316. The van der Waals surface area contributed by atoms with Gasteiger partial charge in [0.1, 0.15) is 11.3 Å². The Labute approximate surface area is 205 Å². The second-order valence-electron chi connectivity index (χ2n) is 10.1. The Morgan fingerprint density at radius 3 is 2.54 bits per heavy atom. The van der Waals surface area contributed by atoms with Gasteiger partial charge in [-0.3, -0.25) is 4.72 Å². The monoisotopic (exact) mass is 491 g/mol. The van der Waals surface area contributed by atoms with E-state index in [0.29, 0.717) is 11.6 Å². The molecule has 1 aliphatic rings. The Kier molecular flexibility index (Phi) is 5.63. The molecular weight excluding hydrogens is 462 g/mol. The summed E-state index contributed by atoms with van der Waals surface area (Å²) in [7, 11) is -4.02. The SMILES string of the molecule is CCC(C)(C)C1CCc2oc3c(cc(NS(=O)(=O)c4cccc(C(=O)O)c4)c4ccccc43)c2C1. The van der Waals surface area contributed by atoms with Gasteiger partial charge >= 0.3 is 5.97 Å². The molecule has 182 valence electrons. The van der Waals surface area contributed by atoms with E-state index in [9.17, 15) is 18.3 Å². The second kappa shape index (κ2) is 8.41. The molecule has 2 N–H and O–H groups in total. The molecule has 6 nitrogen and oxygen atoms in total. The lowest BCUT2D eigenvalue weighted by Gasteiger charge is -2.36. The topological polar surface area (TPSA) is 96.6 Å². The van der Waals surface area contributed by atoms with Crippen molar-refractivity contribution in [1.82, 2.24) is 0 Å². The normalized spacial score (nSPS) is 16.4. The number of carbonyl (C=O) groups is 1. The number of carboxylic acids is 1. The molecule has 35 heavy (non-hydrogen) atoms. The van der Waals surface area contributed by atoms with E-state index in [1.165, 1.54) is 24.3 Å². The number of aromatic carboxylic acids is 1. The van der Waals surface area contributed by atoms with E-state index in [1.54, 1.807) is 0 Å². The number of nitrogens with one attached hydrogen (secondary N) is 1. The van der Waals surface area contributed by atoms with Crippen LogP contribution in [0.15, 0.2) is 63.9 Å². The highest BCUT2D eigenvalue weighted by molar-refractivity contribution is 7.92. The first-order valence-corrected chi connectivity index (χ1v) is 13.4. The summed E-state index contributed by atoms with van der Waals surface area (Å²) in [6.45, 7) is 6.85. The number of aryl methyl sites for hydroxylation is 1. The minimum absolute atomic E-state index is 0.0818. The van der Waals surface area contributed by atoms with Crippen molar-refractivity contribution < 1.29 is 22.7 Å². The number of rotatable bonds is 6. The van der Waals surface area contributed by atoms with Gasteiger partial charge < -0.3 is 9.52 Å². The van der Waals surface area contributed by atoms with Crippen molar-refractivity contribution in [2.45, 2.75) is 51.3 Å². The zero-order valence-corrected chi connectivity index (χ0v) is 20.9. The summed E-state index contributed by atoms with van der Waals surface area (Å²) in [4.78, 5) is 11.3. The first-order chi connectivity index (χ1) is 16.6. The van der Waals surface area contributed by atoms with Gasteiger partial charge in [-0.25, -0.2) is 13.2 Å². The van der Waals surface area contributed by atoms with Crippen LogP contribution in [0, 0.1) is 11.3 Å². The molecular formula is C28H29NO5S. The first kappa shape index (κ1) is 23.4. The summed E-state index contributed by atoms with van der Waals surface area (Å²) in [5, 5.41) is 11.8. The predicted octanol–water partition coefficient (Wildman–Crippen LogP) is 6.63. The summed E-state index contributed by atoms with van der Waals surface area (Å²) in [6.07, 6.45) is 3.93. The number of furan rings is 1. The molecule has 1 aliphatic carbocycles. The van der Waals surface area contributed by atoms with Crippen LogP contribution in [-0.4, -0.2) is 19.5 Å². The Morgan fingerprint density at radius 2 is 1.83 bits per heavy atom. The van der Waals surface area contributed by atoms with E-state index in [2.05, 4.69) is 25.5 Å². The number of sulfonamides is 1. The minimum Gasteiger partial charge on any atom is -0.478 e. The molecule has 3 aromatic carbocycles. The summed E-state index contributed by atoms with van der Waals surface area (Å²) in [6, 6.07) is 14.8. The van der Waals surface area contributed by atoms with Gasteiger partial charge in [-0.15, -0.1) is 0 Å². The largest absolute Gasteiger partial charge is 0.478 e. The lowest BCUT2D eigenvalue weighted by molar-refractivity contribution is 0.0696. The minimum atomic E-state index is -4.02. The predicted molar refractivity (Wildman–Crippen MR) is 138 cm³/mol. The highest BCUT2D eigenvalue weighted by atomic mass is 32.2. The Hall–Kier alpha value is -3.32. The zero-order valence-electron chi connectivity index (χ0n) is 20.1. The van der Waals surface area contributed by atoms with Crippen LogP contribution in [0.2, 0.25) is 0 Å². The molecule has 1 atom stereocenters. The van der Waals surface area contributed by atoms with Gasteiger partial charge in [0.15, 0.2) is 0 Å². The summed E-state index contributed by atoms with van der Waals surface area (Å²) in [5.41, 5.74) is 2.53. The molecule has 1 heterocycles. The van der Waals surface area contributed by atoms with Crippen LogP contribution < -0.4 is 4.72 Å². The van der Waals surface area contributed by atoms with Crippen molar-refractivity contribution in [3.8, 4) is 0 Å². The molecule has 0 fully saturated rings. The van der Waals surface area contributed by atoms with Crippen LogP contribution in [0.5, 0.6) is 0 Å². The van der Waals surface area contributed by atoms with E-state index in [-0.39, 0.29) is 15.9 Å². The fourth-order valence-corrected chi connectivity index (χ4v) is 6.25. The number of benzene rings is 3. The highest BCUT2D eigenvalue weighted by Crippen LogP contribution is 2.45. The number of hydrogen-bond donors (Lipinski definition) is 2. The van der Waals surface area contributed by atoms with Crippen LogP contribution in [0.25, 0.3) is 21.7 Å². The standard InChI is InChI=1S/C28H29NO5S/c1-4-28(2,3)18-12-13-25-22(15-18)23-16-24(20-10-5-6-11-21(20)26(23)34-25)29-35(32,33)19-9-7-8-17(14-19)27(30)31/h5-11,14,16,18,29H,4,12-13,15H2,1-3H3,(H,30,31). The molecule has 5 rings (SSSR count). The van der Waals surface area contributed by atoms with Crippen molar-refractivity contribution in [3.05, 3.63) is 71.5 Å². The molecule has 0 amide bonds. The number of fused-ring (bicyclic) bond motifs is 5. The first-order valence-electron chi connectivity index (χ1n) is 11.9. The van der Waals surface area contributed by atoms with Crippen LogP contribution in [0.4, 0.5) is 5.69 Å². The third-order valence-electron chi connectivity index (χ3n) is 7.70. The maximum atomic E-state index is 13.3. The van der Waals surface area contributed by atoms with E-state index >= 15 is 0 Å². The lowest BCUT2D eigenvalue weighted by atomic mass is 9.69.